The van der Waals surface area contributed by atoms with Gasteiger partial charge in [0.25, 0.3) is 0 Å². The molecule has 1 aromatic carbocycles. The third-order valence-corrected chi connectivity index (χ3v) is 6.31. The van der Waals surface area contributed by atoms with E-state index in [4.69, 9.17) is 18.3 Å². The Balaban J connectivity index is 1.59. The van der Waals surface area contributed by atoms with Crippen LogP contribution in [0.25, 0.3) is 11.0 Å². The topological polar surface area (TPSA) is 90.9 Å². The number of benzene rings is 1. The van der Waals surface area contributed by atoms with E-state index in [-0.39, 0.29) is 24.0 Å². The second-order valence-electron chi connectivity index (χ2n) is 9.38. The first-order valence-corrected chi connectivity index (χ1v) is 11.4. The molecule has 0 fully saturated rings. The van der Waals surface area contributed by atoms with Crippen LogP contribution in [0, 0.1) is 6.92 Å². The Kier molecular flexibility index (Phi) is 6.23. The minimum atomic E-state index is -0.501. The molecule has 1 aliphatic rings. The van der Waals surface area contributed by atoms with E-state index < -0.39 is 5.63 Å². The summed E-state index contributed by atoms with van der Waals surface area (Å²) in [5.74, 6) is 1.90. The molecule has 0 spiro atoms. The number of fused-ring (bicyclic) bond motifs is 3. The van der Waals surface area contributed by atoms with Gasteiger partial charge >= 0.3 is 5.63 Å². The highest BCUT2D eigenvalue weighted by Gasteiger charge is 2.31. The lowest BCUT2D eigenvalue weighted by molar-refractivity contribution is -0.121. The molecule has 7 nitrogen and oxygen atoms in total. The van der Waals surface area contributed by atoms with E-state index in [2.05, 4.69) is 5.32 Å². The molecule has 3 heterocycles. The molecular weight excluding hydrogens is 422 g/mol. The first kappa shape index (κ1) is 23.0. The molecule has 1 N–H and O–H groups in total. The number of rotatable bonds is 7. The first-order valence-electron chi connectivity index (χ1n) is 11.4. The number of carbonyl (C=O) groups is 1. The van der Waals surface area contributed by atoms with E-state index in [1.54, 1.807) is 13.4 Å². The zero-order valence-corrected chi connectivity index (χ0v) is 19.9. The number of ether oxygens (including phenoxy) is 2. The van der Waals surface area contributed by atoms with Crippen LogP contribution in [0.4, 0.5) is 0 Å². The lowest BCUT2D eigenvalue weighted by Crippen LogP contribution is -2.35. The summed E-state index contributed by atoms with van der Waals surface area (Å²) in [5.41, 5.74) is 1.59. The summed E-state index contributed by atoms with van der Waals surface area (Å²) in [7, 11) is 1.58. The van der Waals surface area contributed by atoms with Crippen molar-refractivity contribution in [2.75, 3.05) is 7.11 Å². The standard InChI is InChI=1S/C26H31NO6/c1-15(8-9-17-7-6-12-31-17)27-22(28)13-19-16(2)23-21(30-5)14-20-18(24(23)32-25(19)29)10-11-26(3,4)33-20/h6-7,12,14-15H,8-11,13H2,1-5H3,(H,27,28)/t15-/m1/s1. The largest absolute Gasteiger partial charge is 0.496 e. The monoisotopic (exact) mass is 453 g/mol. The fraction of sp³-hybridized carbons (Fsp3) is 0.462. The maximum Gasteiger partial charge on any atom is 0.340 e. The normalized spacial score (nSPS) is 15.5. The molecule has 1 amide bonds. The third kappa shape index (κ3) is 4.77. The van der Waals surface area contributed by atoms with Gasteiger partial charge in [-0.3, -0.25) is 4.79 Å². The van der Waals surface area contributed by atoms with Gasteiger partial charge in [0.05, 0.1) is 30.7 Å². The van der Waals surface area contributed by atoms with Crippen molar-refractivity contribution in [1.29, 1.82) is 0 Å². The van der Waals surface area contributed by atoms with Crippen molar-refractivity contribution in [2.24, 2.45) is 0 Å². The van der Waals surface area contributed by atoms with Gasteiger partial charge in [0.1, 0.15) is 28.4 Å². The second-order valence-corrected chi connectivity index (χ2v) is 9.38. The Bertz CT molecular complexity index is 1220. The molecule has 0 unspecified atom stereocenters. The Hall–Kier alpha value is -3.22. The number of hydrogen-bond acceptors (Lipinski definition) is 6. The molecular formula is C26H31NO6. The zero-order chi connectivity index (χ0) is 23.8. The molecule has 33 heavy (non-hydrogen) atoms. The molecule has 0 saturated heterocycles. The minimum Gasteiger partial charge on any atom is -0.496 e. The Morgan fingerprint density at radius 2 is 2.12 bits per heavy atom. The van der Waals surface area contributed by atoms with Crippen LogP contribution in [0.2, 0.25) is 0 Å². The molecule has 7 heteroatoms. The van der Waals surface area contributed by atoms with Crippen molar-refractivity contribution >= 4 is 16.9 Å². The first-order chi connectivity index (χ1) is 15.7. The fourth-order valence-electron chi connectivity index (χ4n) is 4.42. The van der Waals surface area contributed by atoms with Crippen LogP contribution in [0.15, 0.2) is 38.1 Å². The highest BCUT2D eigenvalue weighted by atomic mass is 16.5. The maximum absolute atomic E-state index is 12.9. The van der Waals surface area contributed by atoms with E-state index >= 15 is 0 Å². The molecule has 176 valence electrons. The molecule has 0 saturated carbocycles. The minimum absolute atomic E-state index is 0.0566. The van der Waals surface area contributed by atoms with Crippen LogP contribution in [-0.4, -0.2) is 24.7 Å². The van der Waals surface area contributed by atoms with Gasteiger partial charge in [0.15, 0.2) is 0 Å². The summed E-state index contributed by atoms with van der Waals surface area (Å²) < 4.78 is 22.9. The van der Waals surface area contributed by atoms with Gasteiger partial charge in [0, 0.05) is 24.1 Å². The van der Waals surface area contributed by atoms with Crippen LogP contribution < -0.4 is 20.4 Å². The van der Waals surface area contributed by atoms with Crippen molar-refractivity contribution in [1.82, 2.24) is 5.32 Å². The van der Waals surface area contributed by atoms with Crippen molar-refractivity contribution in [3.8, 4) is 11.5 Å². The molecule has 1 atom stereocenters. The number of amides is 1. The lowest BCUT2D eigenvalue weighted by atomic mass is 9.91. The lowest BCUT2D eigenvalue weighted by Gasteiger charge is -2.33. The number of aryl methyl sites for hydroxylation is 3. The Morgan fingerprint density at radius 3 is 2.82 bits per heavy atom. The fourth-order valence-corrected chi connectivity index (χ4v) is 4.42. The number of carbonyl (C=O) groups excluding carboxylic acids is 1. The predicted molar refractivity (Wildman–Crippen MR) is 125 cm³/mol. The van der Waals surface area contributed by atoms with E-state index in [1.165, 1.54) is 0 Å². The molecule has 3 aromatic rings. The van der Waals surface area contributed by atoms with Crippen molar-refractivity contribution in [3.63, 3.8) is 0 Å². The number of furan rings is 1. The van der Waals surface area contributed by atoms with Gasteiger partial charge in [-0.15, -0.1) is 0 Å². The SMILES string of the molecule is COc1cc2c(c3oc(=O)c(CC(=O)N[C@H](C)CCc4ccco4)c(C)c13)CCC(C)(C)O2. The van der Waals surface area contributed by atoms with Gasteiger partial charge in [0.2, 0.25) is 5.91 Å². The van der Waals surface area contributed by atoms with Crippen molar-refractivity contribution in [3.05, 3.63) is 57.3 Å². The summed E-state index contributed by atoms with van der Waals surface area (Å²) in [5, 5.41) is 3.68. The number of nitrogens with one attached hydrogen (secondary N) is 1. The van der Waals surface area contributed by atoms with E-state index in [9.17, 15) is 9.59 Å². The quantitative estimate of drug-likeness (QED) is 0.530. The van der Waals surface area contributed by atoms with Gasteiger partial charge < -0.3 is 23.6 Å². The van der Waals surface area contributed by atoms with Gasteiger partial charge in [-0.2, -0.15) is 0 Å². The molecule has 0 radical (unpaired) electrons. The average molecular weight is 454 g/mol. The van der Waals surface area contributed by atoms with Gasteiger partial charge in [-0.25, -0.2) is 4.79 Å². The van der Waals surface area contributed by atoms with E-state index in [0.717, 1.165) is 37.0 Å². The predicted octanol–water partition coefficient (Wildman–Crippen LogP) is 4.49. The zero-order valence-electron chi connectivity index (χ0n) is 19.9. The summed E-state index contributed by atoms with van der Waals surface area (Å²) in [6.45, 7) is 7.84. The highest BCUT2D eigenvalue weighted by Crippen LogP contribution is 2.43. The number of methoxy groups -OCH3 is 1. The molecule has 4 rings (SSSR count). The molecule has 2 aromatic heterocycles. The summed E-state index contributed by atoms with van der Waals surface area (Å²) in [6.07, 6.45) is 4.59. The van der Waals surface area contributed by atoms with Crippen molar-refractivity contribution < 1.29 is 23.1 Å². The third-order valence-electron chi connectivity index (χ3n) is 6.31. The van der Waals surface area contributed by atoms with Crippen LogP contribution in [-0.2, 0) is 24.1 Å². The van der Waals surface area contributed by atoms with Crippen LogP contribution in [0.1, 0.15) is 56.1 Å². The second kappa shape index (κ2) is 8.96. The average Bonchev–Trinajstić information content (AvgIpc) is 3.27. The summed E-state index contributed by atoms with van der Waals surface area (Å²) in [4.78, 5) is 25.6. The van der Waals surface area contributed by atoms with Crippen molar-refractivity contribution in [2.45, 2.75) is 71.4 Å². The Morgan fingerprint density at radius 1 is 1.33 bits per heavy atom. The summed E-state index contributed by atoms with van der Waals surface area (Å²) >= 11 is 0. The van der Waals surface area contributed by atoms with E-state index in [0.29, 0.717) is 33.6 Å². The number of hydrogen-bond donors (Lipinski definition) is 1. The molecule has 0 aliphatic carbocycles. The van der Waals surface area contributed by atoms with Crippen LogP contribution in [0.5, 0.6) is 11.5 Å². The Labute approximate surface area is 193 Å². The van der Waals surface area contributed by atoms with E-state index in [1.807, 2.05) is 45.9 Å². The maximum atomic E-state index is 12.9. The van der Waals surface area contributed by atoms with Crippen LogP contribution in [0.3, 0.4) is 0 Å². The molecule has 1 aliphatic heterocycles. The smallest absolute Gasteiger partial charge is 0.340 e. The van der Waals surface area contributed by atoms with Gasteiger partial charge in [-0.1, -0.05) is 0 Å². The van der Waals surface area contributed by atoms with Crippen LogP contribution >= 0.6 is 0 Å². The molecule has 0 bridgehead atoms. The van der Waals surface area contributed by atoms with Gasteiger partial charge in [-0.05, 0) is 64.7 Å². The summed E-state index contributed by atoms with van der Waals surface area (Å²) in [6, 6.07) is 5.55. The highest BCUT2D eigenvalue weighted by molar-refractivity contribution is 5.93.